The van der Waals surface area contributed by atoms with Crippen LogP contribution in [0.25, 0.3) is 11.1 Å². The first-order valence-corrected chi connectivity index (χ1v) is 6.88. The lowest BCUT2D eigenvalue weighted by atomic mass is 10.3. The maximum Gasteiger partial charge on any atom is 0.411 e. The molecule has 3 rings (SSSR count). The Balaban J connectivity index is 1.67. The number of hydrogen-bond donors (Lipinski definition) is 1. The maximum absolute atomic E-state index is 13.6. The summed E-state index contributed by atoms with van der Waals surface area (Å²) in [7, 11) is 1.27. The zero-order valence-electron chi connectivity index (χ0n) is 12.5. The number of rotatable bonds is 4. The van der Waals surface area contributed by atoms with Crippen molar-refractivity contribution in [2.45, 2.75) is 6.61 Å². The van der Waals surface area contributed by atoms with Gasteiger partial charge in [-0.3, -0.25) is 5.32 Å². The third-order valence-electron chi connectivity index (χ3n) is 3.14. The molecule has 0 spiro atoms. The van der Waals surface area contributed by atoms with Crippen LogP contribution in [0.4, 0.5) is 19.3 Å². The molecule has 0 atom stereocenters. The van der Waals surface area contributed by atoms with Gasteiger partial charge < -0.3 is 13.9 Å². The number of anilines is 1. The standard InChI is InChI=1S/C16H12F2N2O4/c1-22-16(21)19-9-2-4-10(5-3-9)23-8-13-20-12-7-6-11(17)14(18)15(12)24-13/h2-7H,8H2,1H3,(H,19,21). The Labute approximate surface area is 135 Å². The zero-order valence-corrected chi connectivity index (χ0v) is 12.5. The van der Waals surface area contributed by atoms with E-state index in [1.165, 1.54) is 13.2 Å². The number of hydrogen-bond acceptors (Lipinski definition) is 5. The fourth-order valence-electron chi connectivity index (χ4n) is 1.99. The molecule has 24 heavy (non-hydrogen) atoms. The molecule has 124 valence electrons. The number of carbonyl (C=O) groups is 1. The third kappa shape index (κ3) is 3.27. The molecule has 2 aromatic carbocycles. The summed E-state index contributed by atoms with van der Waals surface area (Å²) in [6.07, 6.45) is -0.579. The van der Waals surface area contributed by atoms with Crippen molar-refractivity contribution in [2.75, 3.05) is 12.4 Å². The van der Waals surface area contributed by atoms with Crippen molar-refractivity contribution in [1.29, 1.82) is 0 Å². The first-order valence-electron chi connectivity index (χ1n) is 6.88. The van der Waals surface area contributed by atoms with E-state index >= 15 is 0 Å². The summed E-state index contributed by atoms with van der Waals surface area (Å²) in [4.78, 5) is 15.1. The monoisotopic (exact) mass is 334 g/mol. The number of oxazole rings is 1. The summed E-state index contributed by atoms with van der Waals surface area (Å²) >= 11 is 0. The van der Waals surface area contributed by atoms with E-state index in [4.69, 9.17) is 9.15 Å². The molecule has 0 saturated carbocycles. The lowest BCUT2D eigenvalue weighted by molar-refractivity contribution is 0.187. The van der Waals surface area contributed by atoms with E-state index in [1.54, 1.807) is 24.3 Å². The second-order valence-electron chi connectivity index (χ2n) is 4.75. The Morgan fingerprint density at radius 2 is 1.96 bits per heavy atom. The second-order valence-corrected chi connectivity index (χ2v) is 4.75. The van der Waals surface area contributed by atoms with E-state index < -0.39 is 17.7 Å². The highest BCUT2D eigenvalue weighted by Gasteiger charge is 2.14. The summed E-state index contributed by atoms with van der Waals surface area (Å²) in [6, 6.07) is 8.79. The molecule has 8 heteroatoms. The molecule has 1 N–H and O–H groups in total. The molecule has 1 amide bonds. The minimum Gasteiger partial charge on any atom is -0.484 e. The van der Waals surface area contributed by atoms with E-state index in [2.05, 4.69) is 15.0 Å². The van der Waals surface area contributed by atoms with Crippen LogP contribution >= 0.6 is 0 Å². The van der Waals surface area contributed by atoms with Gasteiger partial charge in [0.05, 0.1) is 7.11 Å². The molecule has 6 nitrogen and oxygen atoms in total. The zero-order chi connectivity index (χ0) is 17.1. The molecule has 0 aliphatic heterocycles. The predicted octanol–water partition coefficient (Wildman–Crippen LogP) is 3.86. The number of aromatic nitrogens is 1. The fourth-order valence-corrected chi connectivity index (χ4v) is 1.99. The van der Waals surface area contributed by atoms with E-state index in [-0.39, 0.29) is 23.6 Å². The van der Waals surface area contributed by atoms with Gasteiger partial charge in [0.25, 0.3) is 0 Å². The molecule has 3 aromatic rings. The Morgan fingerprint density at radius 1 is 1.21 bits per heavy atom. The van der Waals surface area contributed by atoms with Crippen molar-refractivity contribution < 1.29 is 27.5 Å². The molecule has 0 aliphatic carbocycles. The number of amides is 1. The van der Waals surface area contributed by atoms with Crippen LogP contribution in [0, 0.1) is 11.6 Å². The minimum absolute atomic E-state index is 0.0560. The average Bonchev–Trinajstić information content (AvgIpc) is 3.01. The highest BCUT2D eigenvalue weighted by atomic mass is 19.2. The summed E-state index contributed by atoms with van der Waals surface area (Å²) < 4.78 is 41.8. The van der Waals surface area contributed by atoms with Crippen LogP contribution in [-0.4, -0.2) is 18.2 Å². The molecule has 0 radical (unpaired) electrons. The number of nitrogens with zero attached hydrogens (tertiary/aromatic N) is 1. The number of carbonyl (C=O) groups excluding carboxylic acids is 1. The van der Waals surface area contributed by atoms with Gasteiger partial charge in [-0.1, -0.05) is 0 Å². The Kier molecular flexibility index (Phi) is 4.28. The molecule has 1 heterocycles. The van der Waals surface area contributed by atoms with Gasteiger partial charge in [0.15, 0.2) is 18.0 Å². The minimum atomic E-state index is -1.08. The van der Waals surface area contributed by atoms with Gasteiger partial charge in [0, 0.05) is 5.69 Å². The molecule has 1 aromatic heterocycles. The lowest BCUT2D eigenvalue weighted by Crippen LogP contribution is -2.10. The first kappa shape index (κ1) is 15.7. The molecular weight excluding hydrogens is 322 g/mol. The summed E-state index contributed by atoms with van der Waals surface area (Å²) in [5.41, 5.74) is 0.505. The second kappa shape index (κ2) is 6.53. The van der Waals surface area contributed by atoms with E-state index in [9.17, 15) is 13.6 Å². The normalized spacial score (nSPS) is 10.6. The smallest absolute Gasteiger partial charge is 0.411 e. The van der Waals surface area contributed by atoms with Crippen molar-refractivity contribution in [3.63, 3.8) is 0 Å². The number of methoxy groups -OCH3 is 1. The summed E-state index contributed by atoms with van der Waals surface area (Å²) in [5.74, 6) is -1.48. The van der Waals surface area contributed by atoms with Crippen LogP contribution in [0.5, 0.6) is 5.75 Å². The van der Waals surface area contributed by atoms with Crippen molar-refractivity contribution in [3.05, 3.63) is 53.9 Å². The molecule has 0 bridgehead atoms. The Bertz CT molecular complexity index is 878. The van der Waals surface area contributed by atoms with Gasteiger partial charge in [-0.2, -0.15) is 4.39 Å². The predicted molar refractivity (Wildman–Crippen MR) is 80.7 cm³/mol. The van der Waals surface area contributed by atoms with Crippen molar-refractivity contribution in [3.8, 4) is 5.75 Å². The summed E-state index contributed by atoms with van der Waals surface area (Å²) in [6.45, 7) is -0.0560. The molecule has 0 aliphatic rings. The largest absolute Gasteiger partial charge is 0.484 e. The Hall–Kier alpha value is -3.16. The van der Waals surface area contributed by atoms with Crippen LogP contribution < -0.4 is 10.1 Å². The van der Waals surface area contributed by atoms with Gasteiger partial charge in [-0.05, 0) is 36.4 Å². The van der Waals surface area contributed by atoms with Crippen LogP contribution in [0.15, 0.2) is 40.8 Å². The van der Waals surface area contributed by atoms with Gasteiger partial charge in [-0.15, -0.1) is 0 Å². The quantitative estimate of drug-likeness (QED) is 0.784. The van der Waals surface area contributed by atoms with E-state index in [0.29, 0.717) is 11.4 Å². The molecular formula is C16H12F2N2O4. The summed E-state index contributed by atoms with van der Waals surface area (Å²) in [5, 5.41) is 2.50. The molecule has 0 fully saturated rings. The van der Waals surface area contributed by atoms with Gasteiger partial charge in [-0.25, -0.2) is 14.2 Å². The third-order valence-corrected chi connectivity index (χ3v) is 3.14. The van der Waals surface area contributed by atoms with E-state index in [1.807, 2.05) is 0 Å². The number of nitrogens with one attached hydrogen (secondary N) is 1. The topological polar surface area (TPSA) is 73.6 Å². The maximum atomic E-state index is 13.6. The van der Waals surface area contributed by atoms with Crippen molar-refractivity contribution in [2.24, 2.45) is 0 Å². The van der Waals surface area contributed by atoms with Crippen LogP contribution in [0.1, 0.15) is 5.89 Å². The molecule has 0 unspecified atom stereocenters. The number of fused-ring (bicyclic) bond motifs is 1. The van der Waals surface area contributed by atoms with Gasteiger partial charge >= 0.3 is 6.09 Å². The molecule has 0 saturated heterocycles. The van der Waals surface area contributed by atoms with Gasteiger partial charge in [0.2, 0.25) is 11.7 Å². The fraction of sp³-hybridized carbons (Fsp3) is 0.125. The highest BCUT2D eigenvalue weighted by Crippen LogP contribution is 2.22. The van der Waals surface area contributed by atoms with Crippen molar-refractivity contribution >= 4 is 22.9 Å². The van der Waals surface area contributed by atoms with Crippen molar-refractivity contribution in [1.82, 2.24) is 4.98 Å². The average molecular weight is 334 g/mol. The number of ether oxygens (including phenoxy) is 2. The SMILES string of the molecule is COC(=O)Nc1ccc(OCc2nc3ccc(F)c(F)c3o2)cc1. The lowest BCUT2D eigenvalue weighted by Gasteiger charge is -2.06. The number of benzene rings is 2. The van der Waals surface area contributed by atoms with Crippen LogP contribution in [-0.2, 0) is 11.3 Å². The first-order chi connectivity index (χ1) is 11.6. The highest BCUT2D eigenvalue weighted by molar-refractivity contribution is 5.84. The Morgan fingerprint density at radius 3 is 2.67 bits per heavy atom. The number of halogens is 2. The van der Waals surface area contributed by atoms with Crippen LogP contribution in [0.3, 0.4) is 0 Å². The van der Waals surface area contributed by atoms with Crippen LogP contribution in [0.2, 0.25) is 0 Å². The van der Waals surface area contributed by atoms with Gasteiger partial charge in [0.1, 0.15) is 11.3 Å². The van der Waals surface area contributed by atoms with E-state index in [0.717, 1.165) is 6.07 Å².